The molecule has 0 aliphatic rings. The van der Waals surface area contributed by atoms with Gasteiger partial charge in [-0.25, -0.2) is 14.4 Å². The molecule has 0 atom stereocenters. The van der Waals surface area contributed by atoms with E-state index in [1.54, 1.807) is 19.1 Å². The maximum absolute atomic E-state index is 13.5. The fourth-order valence-electron chi connectivity index (χ4n) is 1.38. The lowest BCUT2D eigenvalue weighted by atomic mass is 10.2. The van der Waals surface area contributed by atoms with E-state index in [0.717, 1.165) is 5.56 Å². The zero-order valence-electron chi connectivity index (χ0n) is 9.11. The molecule has 17 heavy (non-hydrogen) atoms. The first-order chi connectivity index (χ1) is 8.20. The minimum atomic E-state index is -0.379. The highest BCUT2D eigenvalue weighted by Crippen LogP contribution is 2.21. The standard InChI is InChI=1S/C12H9FN4/c1-8-3-2-4-10(13)11(8)17-12-15-6-5-9(7-14)16-12/h2-6H,1H3,(H,15,16,17). The van der Waals surface area contributed by atoms with Crippen molar-refractivity contribution in [1.82, 2.24) is 9.97 Å². The summed E-state index contributed by atoms with van der Waals surface area (Å²) < 4.78 is 13.5. The first-order valence-corrected chi connectivity index (χ1v) is 4.96. The number of rotatable bonds is 2. The van der Waals surface area contributed by atoms with Crippen LogP contribution >= 0.6 is 0 Å². The topological polar surface area (TPSA) is 61.6 Å². The van der Waals surface area contributed by atoms with Crippen molar-refractivity contribution in [1.29, 1.82) is 5.26 Å². The minimum Gasteiger partial charge on any atom is -0.321 e. The number of halogens is 1. The van der Waals surface area contributed by atoms with Gasteiger partial charge in [0.05, 0.1) is 5.69 Å². The molecule has 0 fully saturated rings. The third kappa shape index (κ3) is 2.37. The quantitative estimate of drug-likeness (QED) is 0.857. The number of benzene rings is 1. The zero-order valence-corrected chi connectivity index (χ0v) is 9.11. The highest BCUT2D eigenvalue weighted by atomic mass is 19.1. The number of hydrogen-bond acceptors (Lipinski definition) is 4. The molecule has 0 bridgehead atoms. The molecular weight excluding hydrogens is 219 g/mol. The predicted molar refractivity (Wildman–Crippen MR) is 61.2 cm³/mol. The number of aryl methyl sites for hydroxylation is 1. The average Bonchev–Trinajstić information content (AvgIpc) is 2.34. The highest BCUT2D eigenvalue weighted by molar-refractivity contribution is 5.59. The van der Waals surface area contributed by atoms with Crippen molar-refractivity contribution < 1.29 is 4.39 Å². The molecule has 2 aromatic rings. The summed E-state index contributed by atoms with van der Waals surface area (Å²) in [7, 11) is 0. The number of hydrogen-bond donors (Lipinski definition) is 1. The Morgan fingerprint density at radius 2 is 2.18 bits per heavy atom. The first kappa shape index (κ1) is 11.0. The Labute approximate surface area is 97.8 Å². The number of aromatic nitrogens is 2. The number of anilines is 2. The largest absolute Gasteiger partial charge is 0.321 e. The van der Waals surface area contributed by atoms with Crippen molar-refractivity contribution in [2.45, 2.75) is 6.92 Å². The van der Waals surface area contributed by atoms with Gasteiger partial charge in [-0.1, -0.05) is 12.1 Å². The van der Waals surface area contributed by atoms with Crippen molar-refractivity contribution in [3.63, 3.8) is 0 Å². The molecule has 0 saturated heterocycles. The molecule has 0 aliphatic heterocycles. The van der Waals surface area contributed by atoms with E-state index in [4.69, 9.17) is 5.26 Å². The second-order valence-electron chi connectivity index (χ2n) is 3.43. The van der Waals surface area contributed by atoms with E-state index >= 15 is 0 Å². The van der Waals surface area contributed by atoms with Crippen LogP contribution in [0, 0.1) is 24.1 Å². The summed E-state index contributed by atoms with van der Waals surface area (Å²) in [6.07, 6.45) is 1.45. The van der Waals surface area contributed by atoms with E-state index in [1.165, 1.54) is 18.3 Å². The molecule has 0 aliphatic carbocycles. The molecule has 5 heteroatoms. The first-order valence-electron chi connectivity index (χ1n) is 4.96. The van der Waals surface area contributed by atoms with E-state index in [1.807, 2.05) is 6.07 Å². The Balaban J connectivity index is 2.35. The summed E-state index contributed by atoms with van der Waals surface area (Å²) in [6.45, 7) is 1.78. The smallest absolute Gasteiger partial charge is 0.228 e. The van der Waals surface area contributed by atoms with Crippen LogP contribution in [0.15, 0.2) is 30.5 Å². The molecule has 1 heterocycles. The van der Waals surface area contributed by atoms with E-state index in [0.29, 0.717) is 5.69 Å². The van der Waals surface area contributed by atoms with Gasteiger partial charge in [0.25, 0.3) is 0 Å². The summed E-state index contributed by atoms with van der Waals surface area (Å²) in [5.74, 6) is -0.173. The summed E-state index contributed by atoms with van der Waals surface area (Å²) in [4.78, 5) is 7.84. The molecule has 1 N–H and O–H groups in total. The maximum Gasteiger partial charge on any atom is 0.228 e. The Morgan fingerprint density at radius 1 is 1.35 bits per heavy atom. The molecule has 0 saturated carbocycles. The van der Waals surface area contributed by atoms with Gasteiger partial charge in [0.2, 0.25) is 5.95 Å². The van der Waals surface area contributed by atoms with Crippen molar-refractivity contribution >= 4 is 11.6 Å². The fourth-order valence-corrected chi connectivity index (χ4v) is 1.38. The normalized spacial score (nSPS) is 9.71. The Morgan fingerprint density at radius 3 is 2.88 bits per heavy atom. The van der Waals surface area contributed by atoms with Crippen LogP contribution in [0.1, 0.15) is 11.3 Å². The Hall–Kier alpha value is -2.48. The number of nitrogens with zero attached hydrogens (tertiary/aromatic N) is 3. The molecule has 0 unspecified atom stereocenters. The maximum atomic E-state index is 13.5. The summed E-state index contributed by atoms with van der Waals surface area (Å²) in [6, 6.07) is 8.14. The van der Waals surface area contributed by atoms with Crippen LogP contribution in [0.4, 0.5) is 16.0 Å². The van der Waals surface area contributed by atoms with Crippen molar-refractivity contribution in [2.75, 3.05) is 5.32 Å². The van der Waals surface area contributed by atoms with E-state index in [-0.39, 0.29) is 17.5 Å². The second-order valence-corrected chi connectivity index (χ2v) is 3.43. The van der Waals surface area contributed by atoms with Gasteiger partial charge >= 0.3 is 0 Å². The van der Waals surface area contributed by atoms with Gasteiger partial charge in [-0.05, 0) is 24.6 Å². The Kier molecular flexibility index (Phi) is 2.97. The van der Waals surface area contributed by atoms with Gasteiger partial charge in [0.1, 0.15) is 17.6 Å². The van der Waals surface area contributed by atoms with Gasteiger partial charge in [-0.2, -0.15) is 5.26 Å². The van der Waals surface area contributed by atoms with Gasteiger partial charge in [-0.3, -0.25) is 0 Å². The Bertz CT molecular complexity index is 569. The van der Waals surface area contributed by atoms with Crippen molar-refractivity contribution in [3.8, 4) is 6.07 Å². The fraction of sp³-hybridized carbons (Fsp3) is 0.0833. The average molecular weight is 228 g/mol. The number of nitrogens with one attached hydrogen (secondary N) is 1. The van der Waals surface area contributed by atoms with Crippen LogP contribution in [0.25, 0.3) is 0 Å². The molecule has 2 rings (SSSR count). The van der Waals surface area contributed by atoms with Crippen LogP contribution in [0.3, 0.4) is 0 Å². The van der Waals surface area contributed by atoms with Gasteiger partial charge in [-0.15, -0.1) is 0 Å². The van der Waals surface area contributed by atoms with Crippen LogP contribution in [-0.2, 0) is 0 Å². The molecular formula is C12H9FN4. The van der Waals surface area contributed by atoms with Crippen LogP contribution < -0.4 is 5.32 Å². The molecule has 0 radical (unpaired) electrons. The van der Waals surface area contributed by atoms with Crippen molar-refractivity contribution in [3.05, 3.63) is 47.5 Å². The zero-order chi connectivity index (χ0) is 12.3. The lowest BCUT2D eigenvalue weighted by molar-refractivity contribution is 0.630. The third-order valence-corrected chi connectivity index (χ3v) is 2.23. The monoisotopic (exact) mass is 228 g/mol. The van der Waals surface area contributed by atoms with Crippen LogP contribution in [0.5, 0.6) is 0 Å². The third-order valence-electron chi connectivity index (χ3n) is 2.23. The number of nitriles is 1. The van der Waals surface area contributed by atoms with E-state index in [9.17, 15) is 4.39 Å². The molecule has 1 aromatic carbocycles. The molecule has 1 aromatic heterocycles. The molecule has 0 amide bonds. The summed E-state index contributed by atoms with van der Waals surface area (Å²) in [5, 5.41) is 11.5. The predicted octanol–water partition coefficient (Wildman–Crippen LogP) is 2.54. The lowest BCUT2D eigenvalue weighted by Crippen LogP contribution is -2.01. The van der Waals surface area contributed by atoms with E-state index in [2.05, 4.69) is 15.3 Å². The van der Waals surface area contributed by atoms with Crippen LogP contribution in [0.2, 0.25) is 0 Å². The lowest BCUT2D eigenvalue weighted by Gasteiger charge is -2.08. The van der Waals surface area contributed by atoms with Crippen molar-refractivity contribution in [2.24, 2.45) is 0 Å². The van der Waals surface area contributed by atoms with E-state index < -0.39 is 0 Å². The number of para-hydroxylation sites is 1. The summed E-state index contributed by atoms with van der Waals surface area (Å²) >= 11 is 0. The van der Waals surface area contributed by atoms with Gasteiger partial charge in [0.15, 0.2) is 0 Å². The SMILES string of the molecule is Cc1cccc(F)c1Nc1nccc(C#N)n1. The van der Waals surface area contributed by atoms with Gasteiger partial charge < -0.3 is 5.32 Å². The van der Waals surface area contributed by atoms with Crippen LogP contribution in [-0.4, -0.2) is 9.97 Å². The molecule has 0 spiro atoms. The molecule has 84 valence electrons. The highest BCUT2D eigenvalue weighted by Gasteiger charge is 2.07. The second kappa shape index (κ2) is 4.58. The summed E-state index contributed by atoms with van der Waals surface area (Å²) in [5.41, 5.74) is 1.30. The van der Waals surface area contributed by atoms with Gasteiger partial charge in [0, 0.05) is 6.20 Å². The minimum absolute atomic E-state index is 0.206. The molecule has 4 nitrogen and oxygen atoms in total.